The Morgan fingerprint density at radius 1 is 0.933 bits per heavy atom. The van der Waals surface area contributed by atoms with Crippen LogP contribution < -0.4 is 15.4 Å². The molecule has 0 fully saturated rings. The number of ether oxygens (including phenoxy) is 1. The molecule has 4 aromatic rings. The highest BCUT2D eigenvalue weighted by molar-refractivity contribution is 6.01. The lowest BCUT2D eigenvalue weighted by molar-refractivity contribution is 0.262. The van der Waals surface area contributed by atoms with Crippen LogP contribution in [0.5, 0.6) is 5.88 Å². The Balaban J connectivity index is 1.58. The minimum Gasteiger partial charge on any atom is -0.480 e. The van der Waals surface area contributed by atoms with E-state index >= 15 is 0 Å². The van der Waals surface area contributed by atoms with Crippen molar-refractivity contribution in [2.24, 2.45) is 0 Å². The van der Waals surface area contributed by atoms with Crippen molar-refractivity contribution >= 4 is 23.1 Å². The van der Waals surface area contributed by atoms with Crippen LogP contribution in [0.15, 0.2) is 54.7 Å². The Kier molecular flexibility index (Phi) is 5.10. The van der Waals surface area contributed by atoms with Gasteiger partial charge in [-0.2, -0.15) is 0 Å². The van der Waals surface area contributed by atoms with Crippen molar-refractivity contribution in [2.45, 2.75) is 20.8 Å². The zero-order chi connectivity index (χ0) is 21.3. The summed E-state index contributed by atoms with van der Waals surface area (Å²) in [6.07, 6.45) is 1.84. The third-order valence-corrected chi connectivity index (χ3v) is 4.92. The van der Waals surface area contributed by atoms with Crippen LogP contribution in [-0.4, -0.2) is 27.7 Å². The molecule has 0 radical (unpaired) electrons. The number of methoxy groups -OCH3 is 1. The highest BCUT2D eigenvalue weighted by Crippen LogP contribution is 2.26. The Bertz CT molecular complexity index is 1250. The molecule has 2 aromatic carbocycles. The van der Waals surface area contributed by atoms with Gasteiger partial charge in [-0.05, 0) is 50.1 Å². The van der Waals surface area contributed by atoms with Gasteiger partial charge in [0, 0.05) is 23.0 Å². The zero-order valence-electron chi connectivity index (χ0n) is 17.4. The summed E-state index contributed by atoms with van der Waals surface area (Å²) >= 11 is 0. The van der Waals surface area contributed by atoms with Gasteiger partial charge >= 0.3 is 6.03 Å². The standard InChI is InChI=1S/C23H23N5O2/c1-14-5-8-18(16(3)11-14)25-23(29)26-19-12-17(7-6-15(19)2)20-13-28-21(24-20)9-10-22(27-28)30-4/h5-13H,1-4H3,(H2,25,26,29). The molecule has 0 spiro atoms. The highest BCUT2D eigenvalue weighted by atomic mass is 16.5. The van der Waals surface area contributed by atoms with Gasteiger partial charge in [0.25, 0.3) is 0 Å². The number of hydrogen-bond donors (Lipinski definition) is 2. The van der Waals surface area contributed by atoms with Crippen LogP contribution in [0, 0.1) is 20.8 Å². The van der Waals surface area contributed by atoms with E-state index in [2.05, 4.69) is 20.7 Å². The summed E-state index contributed by atoms with van der Waals surface area (Å²) in [5.74, 6) is 0.515. The van der Waals surface area contributed by atoms with E-state index in [4.69, 9.17) is 4.74 Å². The number of nitrogens with one attached hydrogen (secondary N) is 2. The van der Waals surface area contributed by atoms with Gasteiger partial charge < -0.3 is 15.4 Å². The number of fused-ring (bicyclic) bond motifs is 1. The van der Waals surface area contributed by atoms with Crippen molar-refractivity contribution in [3.05, 3.63) is 71.4 Å². The molecule has 30 heavy (non-hydrogen) atoms. The number of anilines is 2. The number of amides is 2. The first kappa shape index (κ1) is 19.4. The quantitative estimate of drug-likeness (QED) is 0.506. The first-order valence-electron chi connectivity index (χ1n) is 9.59. The fraction of sp³-hybridized carbons (Fsp3) is 0.174. The van der Waals surface area contributed by atoms with Crippen LogP contribution in [0.2, 0.25) is 0 Å². The fourth-order valence-electron chi connectivity index (χ4n) is 3.26. The molecule has 2 amide bonds. The molecule has 2 N–H and O–H groups in total. The molecule has 0 unspecified atom stereocenters. The summed E-state index contributed by atoms with van der Waals surface area (Å²) in [5.41, 5.74) is 6.99. The lowest BCUT2D eigenvalue weighted by Crippen LogP contribution is -2.20. The van der Waals surface area contributed by atoms with Crippen molar-refractivity contribution in [3.8, 4) is 17.1 Å². The molecule has 152 valence electrons. The molecule has 0 saturated heterocycles. The molecule has 2 heterocycles. The maximum Gasteiger partial charge on any atom is 0.323 e. The van der Waals surface area contributed by atoms with Gasteiger partial charge in [-0.25, -0.2) is 14.3 Å². The Labute approximate surface area is 174 Å². The second kappa shape index (κ2) is 7.87. The van der Waals surface area contributed by atoms with Gasteiger partial charge in [-0.15, -0.1) is 5.10 Å². The molecular formula is C23H23N5O2. The van der Waals surface area contributed by atoms with Gasteiger partial charge in [0.2, 0.25) is 5.88 Å². The second-order valence-corrected chi connectivity index (χ2v) is 7.23. The Morgan fingerprint density at radius 2 is 1.73 bits per heavy atom. The lowest BCUT2D eigenvalue weighted by Gasteiger charge is -2.13. The normalized spacial score (nSPS) is 10.8. The molecule has 7 heteroatoms. The van der Waals surface area contributed by atoms with E-state index in [1.165, 1.54) is 0 Å². The Morgan fingerprint density at radius 3 is 2.50 bits per heavy atom. The van der Waals surface area contributed by atoms with E-state index in [0.717, 1.165) is 39.3 Å². The van der Waals surface area contributed by atoms with Gasteiger partial charge in [0.1, 0.15) is 0 Å². The zero-order valence-corrected chi connectivity index (χ0v) is 17.4. The predicted octanol–water partition coefficient (Wildman–Crippen LogP) is 4.97. The minimum atomic E-state index is -0.288. The van der Waals surface area contributed by atoms with E-state index in [9.17, 15) is 4.79 Å². The fourth-order valence-corrected chi connectivity index (χ4v) is 3.26. The van der Waals surface area contributed by atoms with Crippen LogP contribution >= 0.6 is 0 Å². The summed E-state index contributed by atoms with van der Waals surface area (Å²) < 4.78 is 6.84. The number of hydrogen-bond acceptors (Lipinski definition) is 4. The monoisotopic (exact) mass is 401 g/mol. The average Bonchev–Trinajstić information content (AvgIpc) is 3.15. The molecule has 0 atom stereocenters. The number of carbonyl (C=O) groups is 1. The molecule has 0 saturated carbocycles. The van der Waals surface area contributed by atoms with Crippen LogP contribution in [0.25, 0.3) is 16.9 Å². The number of nitrogens with zero attached hydrogens (tertiary/aromatic N) is 3. The van der Waals surface area contributed by atoms with Crippen LogP contribution in [0.4, 0.5) is 16.2 Å². The largest absolute Gasteiger partial charge is 0.480 e. The number of rotatable bonds is 4. The average molecular weight is 401 g/mol. The first-order chi connectivity index (χ1) is 14.4. The summed E-state index contributed by atoms with van der Waals surface area (Å²) in [4.78, 5) is 17.2. The maximum absolute atomic E-state index is 12.6. The summed E-state index contributed by atoms with van der Waals surface area (Å²) in [6, 6.07) is 15.1. The van der Waals surface area contributed by atoms with Crippen molar-refractivity contribution in [1.82, 2.24) is 14.6 Å². The minimum absolute atomic E-state index is 0.288. The number of benzene rings is 2. The summed E-state index contributed by atoms with van der Waals surface area (Å²) in [5, 5.41) is 10.2. The molecule has 7 nitrogen and oxygen atoms in total. The van der Waals surface area contributed by atoms with Crippen LogP contribution in [0.1, 0.15) is 16.7 Å². The lowest BCUT2D eigenvalue weighted by atomic mass is 10.1. The van der Waals surface area contributed by atoms with Gasteiger partial charge in [0.15, 0.2) is 5.65 Å². The maximum atomic E-state index is 12.6. The summed E-state index contributed by atoms with van der Waals surface area (Å²) in [7, 11) is 1.58. The molecule has 2 aromatic heterocycles. The number of urea groups is 1. The molecule has 0 aliphatic heterocycles. The van der Waals surface area contributed by atoms with Crippen molar-refractivity contribution in [2.75, 3.05) is 17.7 Å². The van der Waals surface area contributed by atoms with Gasteiger partial charge in [-0.3, -0.25) is 0 Å². The summed E-state index contributed by atoms with van der Waals surface area (Å²) in [6.45, 7) is 5.95. The topological polar surface area (TPSA) is 80.5 Å². The van der Waals surface area contributed by atoms with Crippen molar-refractivity contribution in [3.63, 3.8) is 0 Å². The molecular weight excluding hydrogens is 378 g/mol. The number of imidazole rings is 1. The van der Waals surface area contributed by atoms with Gasteiger partial charge in [0.05, 0.1) is 19.0 Å². The smallest absolute Gasteiger partial charge is 0.323 e. The van der Waals surface area contributed by atoms with Crippen LogP contribution in [0.3, 0.4) is 0 Å². The van der Waals surface area contributed by atoms with E-state index in [1.807, 2.05) is 69.4 Å². The van der Waals surface area contributed by atoms with E-state index in [-0.39, 0.29) is 6.03 Å². The van der Waals surface area contributed by atoms with Crippen molar-refractivity contribution < 1.29 is 9.53 Å². The van der Waals surface area contributed by atoms with E-state index < -0.39 is 0 Å². The number of carbonyl (C=O) groups excluding carboxylic acids is 1. The SMILES string of the molecule is COc1ccc2nc(-c3ccc(C)c(NC(=O)Nc4ccc(C)cc4C)c3)cn2n1. The predicted molar refractivity (Wildman–Crippen MR) is 118 cm³/mol. The van der Waals surface area contributed by atoms with Gasteiger partial charge in [-0.1, -0.05) is 29.8 Å². The van der Waals surface area contributed by atoms with Crippen LogP contribution in [-0.2, 0) is 0 Å². The molecule has 0 aliphatic rings. The van der Waals surface area contributed by atoms with E-state index in [0.29, 0.717) is 11.5 Å². The number of aryl methyl sites for hydroxylation is 3. The number of aromatic nitrogens is 3. The molecule has 0 aliphatic carbocycles. The highest BCUT2D eigenvalue weighted by Gasteiger charge is 2.11. The Hall–Kier alpha value is -3.87. The third-order valence-electron chi connectivity index (χ3n) is 4.92. The molecule has 4 rings (SSSR count). The third kappa shape index (κ3) is 3.96. The molecule has 0 bridgehead atoms. The first-order valence-corrected chi connectivity index (χ1v) is 9.59. The second-order valence-electron chi connectivity index (χ2n) is 7.23. The van der Waals surface area contributed by atoms with Crippen molar-refractivity contribution in [1.29, 1.82) is 0 Å². The van der Waals surface area contributed by atoms with E-state index in [1.54, 1.807) is 17.7 Å².